The summed E-state index contributed by atoms with van der Waals surface area (Å²) in [6, 6.07) is 0.913. The van der Waals surface area contributed by atoms with E-state index in [-0.39, 0.29) is 12.5 Å². The molecule has 0 bridgehead atoms. The van der Waals surface area contributed by atoms with Crippen LogP contribution in [0.25, 0.3) is 0 Å². The van der Waals surface area contributed by atoms with Crippen molar-refractivity contribution < 1.29 is 26.7 Å². The lowest BCUT2D eigenvalue weighted by Gasteiger charge is -2.11. The second-order valence-electron chi connectivity index (χ2n) is 4.64. The van der Waals surface area contributed by atoms with Crippen LogP contribution in [0.3, 0.4) is 0 Å². The van der Waals surface area contributed by atoms with Gasteiger partial charge >= 0.3 is 0 Å². The number of carbonyl (C=O) groups excluding carboxylic acids is 1. The van der Waals surface area contributed by atoms with Gasteiger partial charge in [0.1, 0.15) is 16.5 Å². The molecule has 1 amide bonds. The Kier molecular flexibility index (Phi) is 4.80. The Labute approximate surface area is 124 Å². The van der Waals surface area contributed by atoms with Crippen LogP contribution >= 0.6 is 10.7 Å². The minimum Gasteiger partial charge on any atom is -0.381 e. The predicted octanol–water partition coefficient (Wildman–Crippen LogP) is 1.66. The summed E-state index contributed by atoms with van der Waals surface area (Å²) in [4.78, 5) is 10.9. The molecular formula is C12H12ClF2NO4S. The zero-order valence-corrected chi connectivity index (χ0v) is 12.3. The van der Waals surface area contributed by atoms with Gasteiger partial charge in [-0.05, 0) is 12.5 Å². The van der Waals surface area contributed by atoms with Crippen molar-refractivity contribution in [2.45, 2.75) is 11.3 Å². The molecule has 1 heterocycles. The van der Waals surface area contributed by atoms with Gasteiger partial charge < -0.3 is 10.1 Å². The van der Waals surface area contributed by atoms with Gasteiger partial charge in [-0.25, -0.2) is 17.2 Å². The normalized spacial score (nSPS) is 18.7. The molecule has 1 fully saturated rings. The number of hydrogen-bond donors (Lipinski definition) is 1. The molecule has 5 nitrogen and oxygen atoms in total. The first-order valence-electron chi connectivity index (χ1n) is 6.08. The first kappa shape index (κ1) is 16.1. The molecule has 116 valence electrons. The van der Waals surface area contributed by atoms with E-state index in [2.05, 4.69) is 5.32 Å². The van der Waals surface area contributed by atoms with E-state index in [1.807, 2.05) is 0 Å². The van der Waals surface area contributed by atoms with Gasteiger partial charge in [-0.3, -0.25) is 4.79 Å². The Morgan fingerprint density at radius 2 is 2.10 bits per heavy atom. The van der Waals surface area contributed by atoms with Crippen molar-refractivity contribution in [1.29, 1.82) is 0 Å². The number of hydrogen-bond acceptors (Lipinski definition) is 4. The van der Waals surface area contributed by atoms with Crippen molar-refractivity contribution in [3.63, 3.8) is 0 Å². The largest absolute Gasteiger partial charge is 0.381 e. The summed E-state index contributed by atoms with van der Waals surface area (Å²) in [5.41, 5.74) is -0.574. The van der Waals surface area contributed by atoms with E-state index >= 15 is 0 Å². The first-order chi connectivity index (χ1) is 9.79. The molecule has 2 rings (SSSR count). The highest BCUT2D eigenvalue weighted by Gasteiger charge is 2.23. The Hall–Kier alpha value is -1.25. The Bertz CT molecular complexity index is 659. The lowest BCUT2D eigenvalue weighted by atomic mass is 10.1. The van der Waals surface area contributed by atoms with Gasteiger partial charge in [0.2, 0.25) is 0 Å². The molecule has 1 saturated heterocycles. The fraction of sp³-hybridized carbons (Fsp3) is 0.417. The van der Waals surface area contributed by atoms with Crippen molar-refractivity contribution in [2.75, 3.05) is 19.8 Å². The maximum Gasteiger partial charge on any atom is 0.264 e. The number of carbonyl (C=O) groups is 1. The van der Waals surface area contributed by atoms with E-state index in [4.69, 9.17) is 15.4 Å². The third-order valence-electron chi connectivity index (χ3n) is 3.10. The van der Waals surface area contributed by atoms with E-state index in [1.54, 1.807) is 0 Å². The van der Waals surface area contributed by atoms with Gasteiger partial charge in [0, 0.05) is 35.8 Å². The molecule has 1 aliphatic rings. The third kappa shape index (κ3) is 3.90. The van der Waals surface area contributed by atoms with E-state index in [9.17, 15) is 22.0 Å². The van der Waals surface area contributed by atoms with Gasteiger partial charge in [-0.2, -0.15) is 0 Å². The highest BCUT2D eigenvalue weighted by Crippen LogP contribution is 2.22. The van der Waals surface area contributed by atoms with Crippen molar-refractivity contribution in [2.24, 2.45) is 5.92 Å². The van der Waals surface area contributed by atoms with Gasteiger partial charge in [-0.15, -0.1) is 0 Å². The Morgan fingerprint density at radius 3 is 2.67 bits per heavy atom. The third-order valence-corrected chi connectivity index (χ3v) is 4.44. The zero-order chi connectivity index (χ0) is 15.6. The van der Waals surface area contributed by atoms with Crippen LogP contribution in [0.4, 0.5) is 8.78 Å². The van der Waals surface area contributed by atoms with Crippen LogP contribution < -0.4 is 5.32 Å². The molecule has 0 aliphatic carbocycles. The van der Waals surface area contributed by atoms with Crippen molar-refractivity contribution in [3.8, 4) is 0 Å². The summed E-state index contributed by atoms with van der Waals surface area (Å²) in [6.45, 7) is 1.35. The number of nitrogens with one attached hydrogen (secondary N) is 1. The fourth-order valence-electron chi connectivity index (χ4n) is 1.97. The number of amides is 1. The Morgan fingerprint density at radius 1 is 1.38 bits per heavy atom. The standard InChI is InChI=1S/C12H12ClF2NO4S/c13-21(18,19)11-3-8(9(14)4-10(11)15)12(17)16-5-7-1-2-20-6-7/h3-4,7H,1-2,5-6H2,(H,16,17). The van der Waals surface area contributed by atoms with E-state index in [0.717, 1.165) is 6.42 Å². The highest BCUT2D eigenvalue weighted by molar-refractivity contribution is 8.13. The second kappa shape index (κ2) is 6.25. The molecule has 9 heteroatoms. The molecule has 1 aromatic rings. The fourth-order valence-corrected chi connectivity index (χ4v) is 2.87. The summed E-state index contributed by atoms with van der Waals surface area (Å²) in [5, 5.41) is 2.46. The average Bonchev–Trinajstić information content (AvgIpc) is 2.87. The summed E-state index contributed by atoms with van der Waals surface area (Å²) >= 11 is 0. The monoisotopic (exact) mass is 339 g/mol. The summed E-state index contributed by atoms with van der Waals surface area (Å²) in [5.74, 6) is -3.21. The van der Waals surface area contributed by atoms with Crippen LogP contribution in [0.15, 0.2) is 17.0 Å². The lowest BCUT2D eigenvalue weighted by Crippen LogP contribution is -2.30. The van der Waals surface area contributed by atoms with Gasteiger partial charge in [-0.1, -0.05) is 0 Å². The maximum atomic E-state index is 13.6. The predicted molar refractivity (Wildman–Crippen MR) is 70.7 cm³/mol. The van der Waals surface area contributed by atoms with Crippen molar-refractivity contribution in [1.82, 2.24) is 5.32 Å². The summed E-state index contributed by atoms with van der Waals surface area (Å²) in [6.07, 6.45) is 0.771. The topological polar surface area (TPSA) is 72.5 Å². The quantitative estimate of drug-likeness (QED) is 0.847. The van der Waals surface area contributed by atoms with Crippen LogP contribution in [0, 0.1) is 17.6 Å². The molecule has 0 saturated carbocycles. The SMILES string of the molecule is O=C(NCC1CCOC1)c1cc(S(=O)(=O)Cl)c(F)cc1F. The summed E-state index contributed by atoms with van der Waals surface area (Å²) in [7, 11) is 0.629. The van der Waals surface area contributed by atoms with Crippen molar-refractivity contribution in [3.05, 3.63) is 29.3 Å². The molecule has 0 aromatic heterocycles. The number of halogens is 3. The molecule has 1 atom stereocenters. The minimum atomic E-state index is -4.41. The number of ether oxygens (including phenoxy) is 1. The molecule has 1 aromatic carbocycles. The molecule has 0 spiro atoms. The van der Waals surface area contributed by atoms with Gasteiger partial charge in [0.15, 0.2) is 0 Å². The molecule has 0 radical (unpaired) electrons. The highest BCUT2D eigenvalue weighted by atomic mass is 35.7. The maximum absolute atomic E-state index is 13.6. The minimum absolute atomic E-state index is 0.119. The summed E-state index contributed by atoms with van der Waals surface area (Å²) < 4.78 is 54.4. The number of rotatable bonds is 4. The molecular weight excluding hydrogens is 328 g/mol. The molecule has 1 N–H and O–H groups in total. The molecule has 1 aliphatic heterocycles. The van der Waals surface area contributed by atoms with Crippen LogP contribution in [0.2, 0.25) is 0 Å². The van der Waals surface area contributed by atoms with Crippen LogP contribution in [0.5, 0.6) is 0 Å². The van der Waals surface area contributed by atoms with E-state index in [0.29, 0.717) is 25.3 Å². The zero-order valence-electron chi connectivity index (χ0n) is 10.7. The smallest absolute Gasteiger partial charge is 0.264 e. The van der Waals surface area contributed by atoms with E-state index in [1.165, 1.54) is 0 Å². The van der Waals surface area contributed by atoms with Gasteiger partial charge in [0.25, 0.3) is 15.0 Å². The van der Waals surface area contributed by atoms with Crippen LogP contribution in [-0.2, 0) is 13.8 Å². The van der Waals surface area contributed by atoms with Crippen LogP contribution in [0.1, 0.15) is 16.8 Å². The average molecular weight is 340 g/mol. The first-order valence-corrected chi connectivity index (χ1v) is 8.39. The lowest BCUT2D eigenvalue weighted by molar-refractivity contribution is 0.0940. The number of benzene rings is 1. The molecule has 1 unspecified atom stereocenters. The van der Waals surface area contributed by atoms with E-state index < -0.39 is 37.1 Å². The second-order valence-corrected chi connectivity index (χ2v) is 7.17. The Balaban J connectivity index is 2.20. The van der Waals surface area contributed by atoms with Crippen molar-refractivity contribution >= 4 is 25.6 Å². The van der Waals surface area contributed by atoms with Gasteiger partial charge in [0.05, 0.1) is 12.2 Å². The molecule has 21 heavy (non-hydrogen) atoms. The van der Waals surface area contributed by atoms with Crippen LogP contribution in [-0.4, -0.2) is 34.1 Å².